The third-order valence-electron chi connectivity index (χ3n) is 5.88. The van der Waals surface area contributed by atoms with Crippen LogP contribution in [-0.2, 0) is 33.3 Å². The van der Waals surface area contributed by atoms with Gasteiger partial charge in [0.05, 0.1) is 0 Å². The smallest absolute Gasteiger partial charge is 0.463 e. The van der Waals surface area contributed by atoms with Gasteiger partial charge in [-0.3, -0.25) is 19.0 Å². The Hall–Kier alpha value is -3.88. The minimum absolute atomic E-state index is 0.0501. The highest BCUT2D eigenvalue weighted by Crippen LogP contribution is 2.37. The summed E-state index contributed by atoms with van der Waals surface area (Å²) in [5.74, 6) is -2.41. The van der Waals surface area contributed by atoms with Crippen LogP contribution in [0.5, 0.6) is 0 Å². The molecule has 2 fully saturated rings. The fourth-order valence-corrected chi connectivity index (χ4v) is 4.45. The molecular formula is C21H26N6O9. The maximum atomic E-state index is 11.9. The molecule has 2 aliphatic rings. The molecule has 194 valence electrons. The van der Waals surface area contributed by atoms with Gasteiger partial charge in [-0.2, -0.15) is 0 Å². The first-order valence-electron chi connectivity index (χ1n) is 11.4. The van der Waals surface area contributed by atoms with Crippen molar-refractivity contribution in [3.63, 3.8) is 0 Å². The van der Waals surface area contributed by atoms with Gasteiger partial charge in [0.2, 0.25) is 11.5 Å². The number of nitrogens with one attached hydrogen (secondary N) is 1. The summed E-state index contributed by atoms with van der Waals surface area (Å²) in [6, 6.07) is 0.0887. The van der Waals surface area contributed by atoms with E-state index >= 15 is 0 Å². The van der Waals surface area contributed by atoms with Gasteiger partial charge in [-0.25, -0.2) is 4.98 Å². The van der Waals surface area contributed by atoms with Crippen LogP contribution in [0.15, 0.2) is 6.33 Å². The van der Waals surface area contributed by atoms with Gasteiger partial charge in [-0.1, -0.05) is 12.8 Å². The second-order valence-corrected chi connectivity index (χ2v) is 8.59. The number of esters is 3. The number of aromatic nitrogens is 4. The number of hydrogen-bond acceptors (Lipinski definition) is 13. The number of rotatable bonds is 8. The van der Waals surface area contributed by atoms with E-state index in [-0.39, 0.29) is 29.6 Å². The van der Waals surface area contributed by atoms with E-state index in [1.54, 1.807) is 0 Å². The summed E-state index contributed by atoms with van der Waals surface area (Å²) < 4.78 is 23.2. The molecule has 1 N–H and O–H groups in total. The van der Waals surface area contributed by atoms with Crippen LogP contribution in [-0.4, -0.2) is 73.3 Å². The molecule has 15 heteroatoms. The summed E-state index contributed by atoms with van der Waals surface area (Å²) in [6.07, 6.45) is 0.682. The zero-order valence-corrected chi connectivity index (χ0v) is 19.9. The minimum Gasteiger partial charge on any atom is -0.463 e. The summed E-state index contributed by atoms with van der Waals surface area (Å²) in [5.41, 5.74) is 0.305. The molecule has 1 saturated carbocycles. The molecule has 0 amide bonds. The van der Waals surface area contributed by atoms with Gasteiger partial charge in [-0.05, 0) is 27.7 Å². The normalized spacial score (nSPS) is 24.0. The summed E-state index contributed by atoms with van der Waals surface area (Å²) in [5, 5.41) is 14.8. The van der Waals surface area contributed by atoms with Crippen molar-refractivity contribution in [1.82, 2.24) is 19.5 Å². The lowest BCUT2D eigenvalue weighted by atomic mass is 10.1. The highest BCUT2D eigenvalue weighted by atomic mass is 16.7. The van der Waals surface area contributed by atoms with E-state index in [0.717, 1.165) is 25.7 Å². The monoisotopic (exact) mass is 506 g/mol. The van der Waals surface area contributed by atoms with Crippen molar-refractivity contribution < 1.29 is 38.3 Å². The van der Waals surface area contributed by atoms with Gasteiger partial charge in [0, 0.05) is 26.8 Å². The van der Waals surface area contributed by atoms with Gasteiger partial charge in [0.15, 0.2) is 24.0 Å². The lowest BCUT2D eigenvalue weighted by molar-refractivity contribution is -0.394. The molecule has 3 heterocycles. The van der Waals surface area contributed by atoms with Gasteiger partial charge in [-0.15, -0.1) is 0 Å². The van der Waals surface area contributed by atoms with Crippen LogP contribution in [0.3, 0.4) is 0 Å². The first-order valence-corrected chi connectivity index (χ1v) is 11.4. The molecule has 0 unspecified atom stereocenters. The average molecular weight is 506 g/mol. The minimum atomic E-state index is -1.19. The number of nitro groups is 1. The molecule has 15 nitrogen and oxygen atoms in total. The van der Waals surface area contributed by atoms with Crippen LogP contribution >= 0.6 is 0 Å². The Morgan fingerprint density at radius 1 is 1.11 bits per heavy atom. The van der Waals surface area contributed by atoms with E-state index in [1.165, 1.54) is 31.7 Å². The van der Waals surface area contributed by atoms with Crippen LogP contribution < -0.4 is 5.32 Å². The zero-order chi connectivity index (χ0) is 26.0. The number of anilines is 1. The molecule has 1 saturated heterocycles. The number of ether oxygens (including phenoxy) is 4. The summed E-state index contributed by atoms with van der Waals surface area (Å²) in [6.45, 7) is 3.25. The predicted molar refractivity (Wildman–Crippen MR) is 120 cm³/mol. The molecule has 4 atom stereocenters. The lowest BCUT2D eigenvalue weighted by Gasteiger charge is -2.23. The third kappa shape index (κ3) is 5.35. The number of nitrogens with zero attached hydrogens (tertiary/aromatic N) is 5. The maximum Gasteiger partial charge on any atom is 0.473 e. The number of carbonyl (C=O) groups is 3. The fraction of sp³-hybridized carbons (Fsp3) is 0.619. The largest absolute Gasteiger partial charge is 0.473 e. The summed E-state index contributed by atoms with van der Waals surface area (Å²) in [7, 11) is 0. The van der Waals surface area contributed by atoms with Crippen molar-refractivity contribution in [3.05, 3.63) is 16.4 Å². The Kier molecular flexibility index (Phi) is 7.28. The van der Waals surface area contributed by atoms with E-state index in [1.807, 2.05) is 0 Å². The number of imidazole rings is 1. The summed E-state index contributed by atoms with van der Waals surface area (Å²) in [4.78, 5) is 58.4. The molecular weight excluding hydrogens is 480 g/mol. The van der Waals surface area contributed by atoms with Crippen LogP contribution in [0.2, 0.25) is 0 Å². The lowest BCUT2D eigenvalue weighted by Crippen LogP contribution is -2.40. The number of fused-ring (bicyclic) bond motifs is 1. The average Bonchev–Trinajstić information content (AvgIpc) is 3.52. The molecule has 1 aliphatic heterocycles. The van der Waals surface area contributed by atoms with Gasteiger partial charge in [0.25, 0.3) is 0 Å². The van der Waals surface area contributed by atoms with Gasteiger partial charge in [0.1, 0.15) is 19.0 Å². The number of carbonyl (C=O) groups excluding carboxylic acids is 3. The predicted octanol–water partition coefficient (Wildman–Crippen LogP) is 1.41. The molecule has 0 bridgehead atoms. The fourth-order valence-electron chi connectivity index (χ4n) is 4.45. The van der Waals surface area contributed by atoms with E-state index in [2.05, 4.69) is 20.3 Å². The quantitative estimate of drug-likeness (QED) is 0.234. The van der Waals surface area contributed by atoms with Crippen molar-refractivity contribution in [1.29, 1.82) is 0 Å². The van der Waals surface area contributed by atoms with Crippen LogP contribution in [0.25, 0.3) is 11.2 Å². The first kappa shape index (κ1) is 25.2. The standard InChI is InChI=1S/C21H26N6O9/c1-10(28)33-8-14-16(34-11(2)29)17(35-12(3)30)20(36-14)26-9-22-15-18(23-13-6-4-5-7-13)24-21(27(31)32)25-19(15)26/h9,13-14,16-17,20H,4-8H2,1-3H3,(H,23,24,25)/t14-,16-,17-,20-/m1/s1. The highest BCUT2D eigenvalue weighted by Gasteiger charge is 2.51. The Labute approximate surface area is 204 Å². The second-order valence-electron chi connectivity index (χ2n) is 8.59. The van der Waals surface area contributed by atoms with Gasteiger partial charge >= 0.3 is 23.9 Å². The van der Waals surface area contributed by atoms with Crippen molar-refractivity contribution in [2.75, 3.05) is 11.9 Å². The van der Waals surface area contributed by atoms with E-state index in [0.29, 0.717) is 0 Å². The topological polar surface area (TPSA) is 187 Å². The zero-order valence-electron chi connectivity index (χ0n) is 19.9. The van der Waals surface area contributed by atoms with Crippen LogP contribution in [0.4, 0.5) is 11.8 Å². The Morgan fingerprint density at radius 3 is 2.39 bits per heavy atom. The second kappa shape index (κ2) is 10.4. The first-order chi connectivity index (χ1) is 17.1. The molecule has 0 spiro atoms. The highest BCUT2D eigenvalue weighted by molar-refractivity contribution is 5.84. The molecule has 4 rings (SSSR count). The molecule has 2 aromatic rings. The van der Waals surface area contributed by atoms with E-state index < -0.39 is 53.3 Å². The Balaban J connectivity index is 1.77. The molecule has 1 aliphatic carbocycles. The summed E-state index contributed by atoms with van der Waals surface area (Å²) >= 11 is 0. The SMILES string of the molecule is CC(=O)OC[C@H]1O[C@@H](n2cnc3c(NC4CCCC4)nc([N+](=O)[O-])nc32)[C@H](OC(C)=O)[C@@H]1OC(C)=O. The molecule has 36 heavy (non-hydrogen) atoms. The van der Waals surface area contributed by atoms with Crippen LogP contribution in [0.1, 0.15) is 52.7 Å². The van der Waals surface area contributed by atoms with Crippen molar-refractivity contribution >= 4 is 40.8 Å². The maximum absolute atomic E-state index is 11.9. The third-order valence-corrected chi connectivity index (χ3v) is 5.88. The van der Waals surface area contributed by atoms with E-state index in [4.69, 9.17) is 18.9 Å². The Morgan fingerprint density at radius 2 is 1.78 bits per heavy atom. The molecule has 0 aromatic carbocycles. The molecule has 2 aromatic heterocycles. The number of hydrogen-bond donors (Lipinski definition) is 1. The van der Waals surface area contributed by atoms with Crippen molar-refractivity contribution in [2.24, 2.45) is 0 Å². The molecule has 0 radical (unpaired) electrons. The van der Waals surface area contributed by atoms with Crippen molar-refractivity contribution in [3.8, 4) is 0 Å². The van der Waals surface area contributed by atoms with E-state index in [9.17, 15) is 24.5 Å². The Bertz CT molecular complexity index is 1180. The van der Waals surface area contributed by atoms with Gasteiger partial charge < -0.3 is 34.4 Å². The van der Waals surface area contributed by atoms with Crippen molar-refractivity contribution in [2.45, 2.75) is 77.0 Å². The van der Waals surface area contributed by atoms with Crippen LogP contribution in [0, 0.1) is 10.1 Å².